The molecule has 22 nitrogen and oxygen atoms in total. The molecule has 3 saturated heterocycles. The first kappa shape index (κ1) is 59.8. The maximum absolute atomic E-state index is 15.2. The quantitative estimate of drug-likeness (QED) is 0.0611. The number of fused-ring (bicyclic) bond motifs is 7. The van der Waals surface area contributed by atoms with Crippen LogP contribution in [0, 0.1) is 50.2 Å². The molecule has 0 bridgehead atoms. The summed E-state index contributed by atoms with van der Waals surface area (Å²) in [6.07, 6.45) is -14.7. The van der Waals surface area contributed by atoms with E-state index < -0.39 is 152 Å². The summed E-state index contributed by atoms with van der Waals surface area (Å²) in [6, 6.07) is 4.41. The van der Waals surface area contributed by atoms with Gasteiger partial charge in [0.1, 0.15) is 60.4 Å². The minimum absolute atomic E-state index is 0.0513. The van der Waals surface area contributed by atoms with Crippen LogP contribution in [0.4, 0.5) is 0 Å². The van der Waals surface area contributed by atoms with Gasteiger partial charge in [-0.3, -0.25) is 4.79 Å². The number of aliphatic carboxylic acids is 1. The van der Waals surface area contributed by atoms with Crippen LogP contribution in [0.1, 0.15) is 112 Å². The van der Waals surface area contributed by atoms with Gasteiger partial charge in [0.25, 0.3) is 0 Å². The van der Waals surface area contributed by atoms with E-state index in [1.54, 1.807) is 0 Å². The Labute approximate surface area is 459 Å². The maximum atomic E-state index is 15.2. The molecule has 1 aromatic carbocycles. The fraction of sp³-hybridized carbons (Fsp3) is 0.772. The second-order valence-corrected chi connectivity index (χ2v) is 25.8. The van der Waals surface area contributed by atoms with E-state index in [-0.39, 0.29) is 52.4 Å². The number of methoxy groups -OCH3 is 1. The molecule has 9 rings (SSSR count). The second-order valence-electron chi connectivity index (χ2n) is 25.8. The van der Waals surface area contributed by atoms with E-state index in [1.165, 1.54) is 31.4 Å². The number of hydrogen-bond acceptors (Lipinski definition) is 21. The lowest BCUT2D eigenvalue weighted by molar-refractivity contribution is -0.324. The van der Waals surface area contributed by atoms with Gasteiger partial charge < -0.3 is 94.1 Å². The Balaban J connectivity index is 0.922. The summed E-state index contributed by atoms with van der Waals surface area (Å²) in [5.41, 5.74) is -1.93. The zero-order valence-corrected chi connectivity index (χ0v) is 46.1. The fourth-order valence-electron chi connectivity index (χ4n) is 16.0. The Hall–Kier alpha value is -3.85. The van der Waals surface area contributed by atoms with Crippen molar-refractivity contribution in [3.05, 3.63) is 41.5 Å². The van der Waals surface area contributed by atoms with E-state index in [2.05, 4.69) is 54.5 Å². The normalized spacial score (nSPS) is 46.3. The van der Waals surface area contributed by atoms with Crippen molar-refractivity contribution in [1.29, 1.82) is 0 Å². The highest BCUT2D eigenvalue weighted by Crippen LogP contribution is 2.76. The maximum Gasteiger partial charge on any atom is 0.335 e. The number of benzene rings is 1. The third-order valence-electron chi connectivity index (χ3n) is 20.7. The van der Waals surface area contributed by atoms with E-state index in [0.717, 1.165) is 30.9 Å². The number of rotatable bonds is 12. The second kappa shape index (κ2) is 21.7. The minimum atomic E-state index is -1.84. The number of esters is 2. The smallest absolute Gasteiger partial charge is 0.335 e. The number of aliphatic hydroxyl groups excluding tert-OH is 10. The molecule has 0 amide bonds. The Kier molecular flexibility index (Phi) is 16.4. The molecule has 1 aromatic rings. The Morgan fingerprint density at radius 2 is 1.43 bits per heavy atom. The Morgan fingerprint density at radius 1 is 0.734 bits per heavy atom. The number of carboxylic acid groups (broad SMARTS) is 1. The van der Waals surface area contributed by atoms with Crippen LogP contribution in [0.3, 0.4) is 0 Å². The highest BCUT2D eigenvalue weighted by molar-refractivity contribution is 5.87. The number of carbonyl (C=O) groups is 3. The number of aliphatic hydroxyl groups is 10. The molecule has 79 heavy (non-hydrogen) atoms. The van der Waals surface area contributed by atoms with Crippen molar-refractivity contribution in [3.8, 4) is 11.5 Å². The predicted octanol–water partition coefficient (Wildman–Crippen LogP) is 1.47. The van der Waals surface area contributed by atoms with Crippen LogP contribution in [0.2, 0.25) is 0 Å². The van der Waals surface area contributed by atoms with E-state index >= 15 is 4.79 Å². The van der Waals surface area contributed by atoms with Gasteiger partial charge in [0, 0.05) is 6.08 Å². The highest BCUT2D eigenvalue weighted by Gasteiger charge is 2.72. The first-order valence-corrected chi connectivity index (χ1v) is 27.7. The molecule has 5 aliphatic carbocycles. The molecule has 3 heterocycles. The summed E-state index contributed by atoms with van der Waals surface area (Å²) < 4.78 is 46.4. The van der Waals surface area contributed by atoms with Crippen LogP contribution in [0.25, 0.3) is 6.08 Å². The van der Waals surface area contributed by atoms with Crippen molar-refractivity contribution in [2.45, 2.75) is 204 Å². The SMILES string of the molecule is COc1cc(C=CC(=O)OC2C(OC(=O)C34CCC(C)(C)CC3C3=CCC5C6(C)CCC(OC7OC(C(=O)O)C(O)C(O)C7O)C(C)(C)C6CCC5(C)C3(C)CC4O)OCC(O)C2O)ccc1OC1OC(CO)C(O)C(O)C1O. The van der Waals surface area contributed by atoms with Crippen LogP contribution in [0.5, 0.6) is 11.5 Å². The summed E-state index contributed by atoms with van der Waals surface area (Å²) in [7, 11) is 1.34. The molecule has 22 heteroatoms. The number of allylic oxidation sites excluding steroid dienone is 2. The van der Waals surface area contributed by atoms with Crippen molar-refractivity contribution < 1.29 is 108 Å². The van der Waals surface area contributed by atoms with E-state index in [0.29, 0.717) is 31.2 Å². The van der Waals surface area contributed by atoms with Gasteiger partial charge in [0.05, 0.1) is 32.5 Å². The molecular weight excluding hydrogens is 1040 g/mol. The number of carbonyl (C=O) groups excluding carboxylic acids is 2. The average molecular weight is 1120 g/mol. The predicted molar refractivity (Wildman–Crippen MR) is 274 cm³/mol. The van der Waals surface area contributed by atoms with Crippen molar-refractivity contribution >= 4 is 24.0 Å². The summed E-state index contributed by atoms with van der Waals surface area (Å²) >= 11 is 0. The zero-order valence-electron chi connectivity index (χ0n) is 46.1. The van der Waals surface area contributed by atoms with Gasteiger partial charge in [-0.2, -0.15) is 0 Å². The molecule has 23 unspecified atom stereocenters. The van der Waals surface area contributed by atoms with Crippen molar-refractivity contribution in [2.75, 3.05) is 20.3 Å². The first-order chi connectivity index (χ1) is 37.0. The largest absolute Gasteiger partial charge is 0.493 e. The van der Waals surface area contributed by atoms with Gasteiger partial charge in [0.2, 0.25) is 12.6 Å². The van der Waals surface area contributed by atoms with Gasteiger partial charge in [-0.25, -0.2) is 9.59 Å². The van der Waals surface area contributed by atoms with Crippen LogP contribution >= 0.6 is 0 Å². The topological polar surface area (TPSA) is 348 Å². The molecule has 8 aliphatic rings. The third-order valence-corrected chi connectivity index (χ3v) is 20.7. The van der Waals surface area contributed by atoms with Crippen molar-refractivity contribution in [2.24, 2.45) is 50.2 Å². The van der Waals surface area contributed by atoms with Crippen LogP contribution in [0.15, 0.2) is 35.9 Å². The molecule has 7 fully saturated rings. The monoisotopic (exact) mass is 1120 g/mol. The fourth-order valence-corrected chi connectivity index (χ4v) is 16.0. The summed E-state index contributed by atoms with van der Waals surface area (Å²) in [6.45, 7) is 14.3. The Bertz CT molecular complexity index is 2500. The Morgan fingerprint density at radius 3 is 2.11 bits per heavy atom. The average Bonchev–Trinajstić information content (AvgIpc) is 3.54. The molecular formula is C57H82O22. The van der Waals surface area contributed by atoms with Gasteiger partial charge in [0.15, 0.2) is 30.0 Å². The molecule has 0 aromatic heterocycles. The molecule has 4 saturated carbocycles. The van der Waals surface area contributed by atoms with Crippen LogP contribution in [-0.2, 0) is 42.8 Å². The number of hydrogen-bond donors (Lipinski definition) is 11. The van der Waals surface area contributed by atoms with Crippen molar-refractivity contribution in [3.63, 3.8) is 0 Å². The summed E-state index contributed by atoms with van der Waals surface area (Å²) in [5, 5.41) is 117. The first-order valence-electron chi connectivity index (χ1n) is 27.7. The summed E-state index contributed by atoms with van der Waals surface area (Å²) in [5.74, 6) is -3.35. The van der Waals surface area contributed by atoms with E-state index in [9.17, 15) is 65.8 Å². The van der Waals surface area contributed by atoms with E-state index in [1.807, 2.05) is 0 Å². The van der Waals surface area contributed by atoms with Gasteiger partial charge >= 0.3 is 17.9 Å². The highest BCUT2D eigenvalue weighted by atomic mass is 16.7. The van der Waals surface area contributed by atoms with E-state index in [4.69, 9.17) is 37.9 Å². The van der Waals surface area contributed by atoms with Crippen molar-refractivity contribution in [1.82, 2.24) is 0 Å². The number of carboxylic acids is 1. The van der Waals surface area contributed by atoms with Gasteiger partial charge in [-0.05, 0) is 126 Å². The van der Waals surface area contributed by atoms with Gasteiger partial charge in [-0.1, -0.05) is 66.2 Å². The molecule has 11 N–H and O–H groups in total. The lowest BCUT2D eigenvalue weighted by Gasteiger charge is -2.71. The minimum Gasteiger partial charge on any atom is -0.493 e. The van der Waals surface area contributed by atoms with Gasteiger partial charge in [-0.15, -0.1) is 0 Å². The summed E-state index contributed by atoms with van der Waals surface area (Å²) in [4.78, 5) is 40.7. The third kappa shape index (κ3) is 10.0. The zero-order chi connectivity index (χ0) is 57.7. The number of ether oxygens (including phenoxy) is 8. The van der Waals surface area contributed by atoms with Crippen LogP contribution in [-0.4, -0.2) is 193 Å². The molecule has 442 valence electrons. The lowest BCUT2D eigenvalue weighted by Crippen LogP contribution is -2.68. The molecule has 0 spiro atoms. The standard InChI is InChI=1S/C57H82O22/c1-52(2)19-20-57(51(71)79-50-46(38(62)29(59)25-73-50)77-37(61)14-10-26-9-12-30(31(21-26)72-8)74-48-43(67)40(64)39(63)32(24-58)75-48)28(22-52)27-11-13-34-54(5)17-16-36(76-49-44(68)41(65)42(66)45(78-49)47(69)70)53(3,4)33(54)15-18-55(34,6)56(27,7)23-35(57)60/h9-12,14,21,28-29,32-36,38-46,48-50,58-60,62-68H,13,15-20,22-25H2,1-8H3,(H,69,70). The molecule has 3 aliphatic heterocycles. The van der Waals surface area contributed by atoms with Crippen LogP contribution < -0.4 is 9.47 Å². The lowest BCUT2D eigenvalue weighted by atomic mass is 9.33. The molecule has 23 atom stereocenters. The molecule has 0 radical (unpaired) electrons.